The number of carbonyl (C=O) groups is 1. The SMILES string of the molecule is CCNC(=NCC(CC)(CC)NC(=O)OC(C)(C)C)NCCCc1cnn(C)c1.I. The van der Waals surface area contributed by atoms with Gasteiger partial charge in [-0.3, -0.25) is 9.67 Å². The first kappa shape index (κ1) is 28.5. The number of hydrogen-bond acceptors (Lipinski definition) is 4. The van der Waals surface area contributed by atoms with Crippen LogP contribution in [0, 0.1) is 0 Å². The highest BCUT2D eigenvalue weighted by atomic mass is 127. The number of nitrogens with one attached hydrogen (secondary N) is 3. The van der Waals surface area contributed by atoms with E-state index < -0.39 is 17.2 Å². The molecule has 0 unspecified atom stereocenters. The first-order valence-corrected chi connectivity index (χ1v) is 10.6. The maximum atomic E-state index is 12.3. The highest BCUT2D eigenvalue weighted by Crippen LogP contribution is 2.17. The second-order valence-electron chi connectivity index (χ2n) is 8.36. The molecule has 9 heteroatoms. The number of carbonyl (C=O) groups excluding carboxylic acids is 1. The monoisotopic (exact) mass is 536 g/mol. The lowest BCUT2D eigenvalue weighted by atomic mass is 9.93. The quantitative estimate of drug-likeness (QED) is 0.184. The van der Waals surface area contributed by atoms with Crippen LogP contribution >= 0.6 is 24.0 Å². The number of aryl methyl sites for hydroxylation is 2. The molecule has 3 N–H and O–H groups in total. The molecule has 30 heavy (non-hydrogen) atoms. The highest BCUT2D eigenvalue weighted by Gasteiger charge is 2.30. The largest absolute Gasteiger partial charge is 0.444 e. The summed E-state index contributed by atoms with van der Waals surface area (Å²) in [5, 5.41) is 13.9. The van der Waals surface area contributed by atoms with E-state index in [4.69, 9.17) is 9.73 Å². The maximum Gasteiger partial charge on any atom is 0.408 e. The molecule has 1 aromatic rings. The minimum Gasteiger partial charge on any atom is -0.444 e. The van der Waals surface area contributed by atoms with Crippen LogP contribution in [0.5, 0.6) is 0 Å². The molecule has 0 atom stereocenters. The van der Waals surface area contributed by atoms with Crippen LogP contribution < -0.4 is 16.0 Å². The zero-order valence-electron chi connectivity index (χ0n) is 19.7. The van der Waals surface area contributed by atoms with Gasteiger partial charge >= 0.3 is 6.09 Å². The molecule has 0 fully saturated rings. The predicted molar refractivity (Wildman–Crippen MR) is 134 cm³/mol. The summed E-state index contributed by atoms with van der Waals surface area (Å²) in [4.78, 5) is 17.0. The average Bonchev–Trinajstić information content (AvgIpc) is 3.05. The Balaban J connectivity index is 0.00000841. The lowest BCUT2D eigenvalue weighted by molar-refractivity contribution is 0.0452. The minimum atomic E-state index is -0.522. The molecule has 0 aliphatic carbocycles. The fourth-order valence-corrected chi connectivity index (χ4v) is 2.88. The van der Waals surface area contributed by atoms with Crippen molar-refractivity contribution < 1.29 is 9.53 Å². The van der Waals surface area contributed by atoms with Crippen LogP contribution in [0.25, 0.3) is 0 Å². The summed E-state index contributed by atoms with van der Waals surface area (Å²) < 4.78 is 7.26. The van der Waals surface area contributed by atoms with Crippen molar-refractivity contribution in [1.82, 2.24) is 25.7 Å². The zero-order chi connectivity index (χ0) is 21.9. The van der Waals surface area contributed by atoms with Crippen LogP contribution in [0.4, 0.5) is 4.79 Å². The van der Waals surface area contributed by atoms with Crippen LogP contribution in [-0.2, 0) is 18.2 Å². The second kappa shape index (κ2) is 13.7. The van der Waals surface area contributed by atoms with Crippen LogP contribution in [0.3, 0.4) is 0 Å². The summed E-state index contributed by atoms with van der Waals surface area (Å²) in [6.07, 6.45) is 7.04. The van der Waals surface area contributed by atoms with Gasteiger partial charge in [-0.25, -0.2) is 4.79 Å². The maximum absolute atomic E-state index is 12.3. The Labute approximate surface area is 199 Å². The number of aromatic nitrogens is 2. The first-order valence-electron chi connectivity index (χ1n) is 10.6. The van der Waals surface area contributed by atoms with Gasteiger partial charge < -0.3 is 20.7 Å². The molecule has 8 nitrogen and oxygen atoms in total. The third-order valence-corrected chi connectivity index (χ3v) is 4.70. The summed E-state index contributed by atoms with van der Waals surface area (Å²) >= 11 is 0. The summed E-state index contributed by atoms with van der Waals surface area (Å²) in [6, 6.07) is 0. The van der Waals surface area contributed by atoms with Crippen molar-refractivity contribution in [1.29, 1.82) is 0 Å². The van der Waals surface area contributed by atoms with Crippen molar-refractivity contribution >= 4 is 36.0 Å². The molecule has 0 bridgehead atoms. The van der Waals surface area contributed by atoms with E-state index in [9.17, 15) is 4.79 Å². The standard InChI is InChI=1S/C21H40N6O2.HI/c1-8-21(9-2,26-19(28)29-20(4,5)6)16-24-18(22-10-3)23-13-11-12-17-14-25-27(7)15-17;/h14-15H,8-13,16H2,1-7H3,(H,26,28)(H2,22,23,24);1H. The average molecular weight is 537 g/mol. The van der Waals surface area contributed by atoms with Gasteiger partial charge in [0, 0.05) is 26.3 Å². The van der Waals surface area contributed by atoms with E-state index >= 15 is 0 Å². The van der Waals surface area contributed by atoms with Gasteiger partial charge in [-0.2, -0.15) is 5.10 Å². The minimum absolute atomic E-state index is 0. The van der Waals surface area contributed by atoms with Gasteiger partial charge in [0.25, 0.3) is 0 Å². The van der Waals surface area contributed by atoms with Crippen LogP contribution in [0.1, 0.15) is 66.4 Å². The Kier molecular flexibility index (Phi) is 13.0. The molecule has 174 valence electrons. The molecule has 0 aliphatic heterocycles. The molecular weight excluding hydrogens is 495 g/mol. The van der Waals surface area contributed by atoms with E-state index in [1.54, 1.807) is 0 Å². The molecule has 0 saturated heterocycles. The molecule has 0 spiro atoms. The normalized spacial score (nSPS) is 12.2. The van der Waals surface area contributed by atoms with Crippen molar-refractivity contribution in [2.24, 2.45) is 12.0 Å². The summed E-state index contributed by atoms with van der Waals surface area (Å²) in [7, 11) is 1.93. The molecule has 0 saturated carbocycles. The molecule has 0 aromatic carbocycles. The number of alkyl carbamates (subject to hydrolysis) is 1. The van der Waals surface area contributed by atoms with E-state index in [2.05, 4.69) is 34.9 Å². The first-order chi connectivity index (χ1) is 13.6. The van der Waals surface area contributed by atoms with Gasteiger partial charge in [0.2, 0.25) is 0 Å². The number of amides is 1. The lowest BCUT2D eigenvalue weighted by Gasteiger charge is -2.32. The van der Waals surface area contributed by atoms with Gasteiger partial charge in [-0.15, -0.1) is 24.0 Å². The fraction of sp³-hybridized carbons (Fsp3) is 0.762. The molecule has 1 rings (SSSR count). The summed E-state index contributed by atoms with van der Waals surface area (Å²) in [6.45, 7) is 13.8. The van der Waals surface area contributed by atoms with Crippen molar-refractivity contribution in [2.45, 2.75) is 78.4 Å². The molecular formula is C21H41IN6O2. The number of nitrogens with zero attached hydrogens (tertiary/aromatic N) is 3. The van der Waals surface area contributed by atoms with Crippen LogP contribution in [0.15, 0.2) is 17.4 Å². The Morgan fingerprint density at radius 3 is 2.37 bits per heavy atom. The Morgan fingerprint density at radius 1 is 1.20 bits per heavy atom. The van der Waals surface area contributed by atoms with E-state index in [-0.39, 0.29) is 24.0 Å². The zero-order valence-corrected chi connectivity index (χ0v) is 22.0. The van der Waals surface area contributed by atoms with Gasteiger partial charge in [-0.05, 0) is 58.9 Å². The Bertz CT molecular complexity index is 650. The third kappa shape index (κ3) is 11.0. The van der Waals surface area contributed by atoms with Crippen molar-refractivity contribution in [2.75, 3.05) is 19.6 Å². The van der Waals surface area contributed by atoms with E-state index in [0.717, 1.165) is 44.7 Å². The topological polar surface area (TPSA) is 92.6 Å². The molecule has 0 aliphatic rings. The van der Waals surface area contributed by atoms with Crippen molar-refractivity contribution in [3.8, 4) is 0 Å². The molecule has 1 aromatic heterocycles. The predicted octanol–water partition coefficient (Wildman–Crippen LogP) is 3.61. The number of hydrogen-bond donors (Lipinski definition) is 3. The second-order valence-corrected chi connectivity index (χ2v) is 8.36. The Hall–Kier alpha value is -1.52. The van der Waals surface area contributed by atoms with Crippen LogP contribution in [0.2, 0.25) is 0 Å². The summed E-state index contributed by atoms with van der Waals surface area (Å²) in [5.41, 5.74) is 0.278. The number of aliphatic imine (C=N–C) groups is 1. The van der Waals surface area contributed by atoms with Crippen LogP contribution in [-0.4, -0.2) is 52.6 Å². The highest BCUT2D eigenvalue weighted by molar-refractivity contribution is 14.0. The lowest BCUT2D eigenvalue weighted by Crippen LogP contribution is -2.52. The number of ether oxygens (including phenoxy) is 1. The van der Waals surface area contributed by atoms with E-state index in [1.807, 2.05) is 51.8 Å². The number of rotatable bonds is 10. The fourth-order valence-electron chi connectivity index (χ4n) is 2.88. The van der Waals surface area contributed by atoms with Gasteiger partial charge in [0.1, 0.15) is 5.60 Å². The molecule has 0 radical (unpaired) electrons. The third-order valence-electron chi connectivity index (χ3n) is 4.70. The Morgan fingerprint density at radius 2 is 1.87 bits per heavy atom. The van der Waals surface area contributed by atoms with E-state index in [1.165, 1.54) is 5.56 Å². The van der Waals surface area contributed by atoms with Gasteiger partial charge in [-0.1, -0.05) is 13.8 Å². The number of guanidine groups is 1. The number of halogens is 1. The van der Waals surface area contributed by atoms with Gasteiger partial charge in [0.05, 0.1) is 18.3 Å². The molecule has 1 amide bonds. The smallest absolute Gasteiger partial charge is 0.408 e. The van der Waals surface area contributed by atoms with E-state index in [0.29, 0.717) is 6.54 Å². The van der Waals surface area contributed by atoms with Gasteiger partial charge in [0.15, 0.2) is 5.96 Å². The van der Waals surface area contributed by atoms with Crippen molar-refractivity contribution in [3.05, 3.63) is 18.0 Å². The summed E-state index contributed by atoms with van der Waals surface area (Å²) in [5.74, 6) is 0.760. The van der Waals surface area contributed by atoms with Crippen molar-refractivity contribution in [3.63, 3.8) is 0 Å². The molecule has 1 heterocycles.